The lowest BCUT2D eigenvalue weighted by atomic mass is 10.1. The quantitative estimate of drug-likeness (QED) is 0.682. The fourth-order valence-electron chi connectivity index (χ4n) is 2.56. The molecule has 3 heterocycles. The molecule has 0 bridgehead atoms. The second kappa shape index (κ2) is 6.14. The number of aliphatic hydroxyl groups is 1. The van der Waals surface area contributed by atoms with Crippen LogP contribution in [0.5, 0.6) is 0 Å². The van der Waals surface area contributed by atoms with Crippen LogP contribution in [-0.2, 0) is 0 Å². The molecule has 1 aromatic carbocycles. The number of H-pyrrole nitrogens is 1. The van der Waals surface area contributed by atoms with Gasteiger partial charge >= 0.3 is 0 Å². The molecule has 2 aromatic heterocycles. The van der Waals surface area contributed by atoms with E-state index in [2.05, 4.69) is 25.5 Å². The van der Waals surface area contributed by atoms with Crippen LogP contribution in [0.4, 0.5) is 9.52 Å². The summed E-state index contributed by atoms with van der Waals surface area (Å²) in [5.41, 5.74) is 3.24. The molecule has 3 aromatic rings. The highest BCUT2D eigenvalue weighted by Crippen LogP contribution is 2.31. The molecule has 0 aliphatic carbocycles. The van der Waals surface area contributed by atoms with Crippen LogP contribution in [0.3, 0.4) is 0 Å². The minimum Gasteiger partial charge on any atom is -0.392 e. The van der Waals surface area contributed by atoms with Crippen molar-refractivity contribution in [2.45, 2.75) is 6.42 Å². The summed E-state index contributed by atoms with van der Waals surface area (Å²) in [5.74, 6) is -0.346. The summed E-state index contributed by atoms with van der Waals surface area (Å²) in [6, 6.07) is 5.92. The first-order valence-electron chi connectivity index (χ1n) is 7.44. The number of hydrogen-bond donors (Lipinski definition) is 3. The number of aliphatic hydroxyl groups excluding tert-OH is 1. The van der Waals surface area contributed by atoms with Crippen molar-refractivity contribution in [1.29, 1.82) is 0 Å². The zero-order chi connectivity index (χ0) is 16.5. The lowest BCUT2D eigenvalue weighted by Crippen LogP contribution is -2.19. The number of hydrogen-bond acceptors (Lipinski definition) is 6. The Morgan fingerprint density at radius 3 is 3.04 bits per heavy atom. The molecule has 1 aliphatic heterocycles. The SMILES string of the molecule is OCC1=C(F)C(Nc2nc3ccc(-c4cn[nH]c4)cc3s2)=NCC1. The second-order valence-corrected chi connectivity index (χ2v) is 6.40. The van der Waals surface area contributed by atoms with Crippen LogP contribution in [0.15, 0.2) is 47.0 Å². The zero-order valence-corrected chi connectivity index (χ0v) is 13.4. The molecular weight excluding hydrogens is 329 g/mol. The Morgan fingerprint density at radius 2 is 2.25 bits per heavy atom. The maximum atomic E-state index is 14.2. The molecule has 0 radical (unpaired) electrons. The number of benzene rings is 1. The van der Waals surface area contributed by atoms with Crippen LogP contribution in [0.1, 0.15) is 6.42 Å². The third-order valence-electron chi connectivity index (χ3n) is 3.84. The standard InChI is InChI=1S/C16H14FN5OS/c17-14-10(8-23)3-4-18-15(14)22-16-21-12-2-1-9(5-13(12)24-16)11-6-19-20-7-11/h1-2,5-7,23H,3-4,8H2,(H,19,20)(H,18,21,22). The molecule has 0 saturated carbocycles. The molecule has 0 amide bonds. The number of fused-ring (bicyclic) bond motifs is 1. The van der Waals surface area contributed by atoms with Crippen LogP contribution >= 0.6 is 11.3 Å². The molecule has 1 aliphatic rings. The molecule has 24 heavy (non-hydrogen) atoms. The summed E-state index contributed by atoms with van der Waals surface area (Å²) in [7, 11) is 0. The summed E-state index contributed by atoms with van der Waals surface area (Å²) in [5, 5.41) is 19.4. The van der Waals surface area contributed by atoms with Crippen molar-refractivity contribution in [3.8, 4) is 11.1 Å². The van der Waals surface area contributed by atoms with Gasteiger partial charge in [-0.25, -0.2) is 9.37 Å². The number of nitrogens with one attached hydrogen (secondary N) is 2. The van der Waals surface area contributed by atoms with Gasteiger partial charge in [-0.2, -0.15) is 5.10 Å². The van der Waals surface area contributed by atoms with Crippen LogP contribution in [-0.4, -0.2) is 39.3 Å². The smallest absolute Gasteiger partial charge is 0.189 e. The summed E-state index contributed by atoms with van der Waals surface area (Å²) in [4.78, 5) is 8.61. The zero-order valence-electron chi connectivity index (χ0n) is 12.6. The van der Waals surface area contributed by atoms with Gasteiger partial charge in [0.25, 0.3) is 0 Å². The molecule has 122 valence electrons. The molecule has 4 rings (SSSR count). The van der Waals surface area contributed by atoms with Gasteiger partial charge in [-0.15, -0.1) is 0 Å². The Labute approximate surface area is 140 Å². The van der Waals surface area contributed by atoms with E-state index < -0.39 is 5.83 Å². The van der Waals surface area contributed by atoms with E-state index in [0.717, 1.165) is 21.3 Å². The van der Waals surface area contributed by atoms with Crippen molar-refractivity contribution in [3.63, 3.8) is 0 Å². The molecule has 0 atom stereocenters. The van der Waals surface area contributed by atoms with Crippen molar-refractivity contribution < 1.29 is 9.50 Å². The predicted octanol–water partition coefficient (Wildman–Crippen LogP) is 3.12. The van der Waals surface area contributed by atoms with Crippen molar-refractivity contribution >= 4 is 32.5 Å². The molecule has 0 spiro atoms. The highest BCUT2D eigenvalue weighted by molar-refractivity contribution is 7.22. The molecule has 0 fully saturated rings. The first-order valence-corrected chi connectivity index (χ1v) is 8.26. The lowest BCUT2D eigenvalue weighted by molar-refractivity contribution is 0.322. The number of dihydropyridines is 1. The van der Waals surface area contributed by atoms with Gasteiger partial charge in [0.2, 0.25) is 0 Å². The number of aromatic amines is 1. The number of anilines is 1. The number of nitrogens with zero attached hydrogens (tertiary/aromatic N) is 3. The Hall–Kier alpha value is -2.58. The number of aliphatic imine (C=N–C) groups is 1. The van der Waals surface area contributed by atoms with E-state index in [1.165, 1.54) is 11.3 Å². The van der Waals surface area contributed by atoms with E-state index >= 15 is 0 Å². The van der Waals surface area contributed by atoms with Gasteiger partial charge in [-0.1, -0.05) is 17.4 Å². The third kappa shape index (κ3) is 2.70. The predicted molar refractivity (Wildman–Crippen MR) is 93.0 cm³/mol. The fraction of sp³-hybridized carbons (Fsp3) is 0.188. The van der Waals surface area contributed by atoms with Crippen LogP contribution in [0.2, 0.25) is 0 Å². The minimum absolute atomic E-state index is 0.138. The Morgan fingerprint density at radius 1 is 1.33 bits per heavy atom. The summed E-state index contributed by atoms with van der Waals surface area (Å²) >= 11 is 1.43. The summed E-state index contributed by atoms with van der Waals surface area (Å²) in [6.07, 6.45) is 4.03. The largest absolute Gasteiger partial charge is 0.392 e. The van der Waals surface area contributed by atoms with Gasteiger partial charge < -0.3 is 10.4 Å². The Bertz CT molecular complexity index is 945. The highest BCUT2D eigenvalue weighted by Gasteiger charge is 2.18. The molecule has 0 saturated heterocycles. The molecular formula is C16H14FN5OS. The average Bonchev–Trinajstić information content (AvgIpc) is 3.25. The maximum Gasteiger partial charge on any atom is 0.189 e. The normalized spacial score (nSPS) is 15.0. The number of amidine groups is 1. The van der Waals surface area contributed by atoms with E-state index in [9.17, 15) is 9.50 Å². The third-order valence-corrected chi connectivity index (χ3v) is 4.77. The fourth-order valence-corrected chi connectivity index (χ4v) is 3.46. The molecule has 3 N–H and O–H groups in total. The summed E-state index contributed by atoms with van der Waals surface area (Å²) in [6.45, 7) is 0.168. The lowest BCUT2D eigenvalue weighted by Gasteiger charge is -2.14. The number of aromatic nitrogens is 3. The number of halogens is 1. The van der Waals surface area contributed by atoms with Gasteiger partial charge in [0.15, 0.2) is 16.8 Å². The molecule has 0 unspecified atom stereocenters. The van der Waals surface area contributed by atoms with Gasteiger partial charge in [0, 0.05) is 18.3 Å². The van der Waals surface area contributed by atoms with Crippen molar-refractivity contribution in [1.82, 2.24) is 15.2 Å². The monoisotopic (exact) mass is 343 g/mol. The Kier molecular flexibility index (Phi) is 3.83. The molecule has 8 heteroatoms. The first kappa shape index (κ1) is 15.0. The van der Waals surface area contributed by atoms with Crippen molar-refractivity contribution in [2.24, 2.45) is 4.99 Å². The van der Waals surface area contributed by atoms with E-state index in [1.54, 1.807) is 6.20 Å². The van der Waals surface area contributed by atoms with Gasteiger partial charge in [0.1, 0.15) is 0 Å². The van der Waals surface area contributed by atoms with Crippen LogP contribution in [0.25, 0.3) is 21.3 Å². The van der Waals surface area contributed by atoms with E-state index in [4.69, 9.17) is 0 Å². The van der Waals surface area contributed by atoms with Gasteiger partial charge in [-0.05, 0) is 29.7 Å². The van der Waals surface area contributed by atoms with Crippen LogP contribution in [0, 0.1) is 0 Å². The van der Waals surface area contributed by atoms with Crippen molar-refractivity contribution in [2.75, 3.05) is 18.5 Å². The van der Waals surface area contributed by atoms with E-state index in [-0.39, 0.29) is 12.4 Å². The number of thiazole rings is 1. The van der Waals surface area contributed by atoms with Gasteiger partial charge in [0.05, 0.1) is 23.0 Å². The molecule has 6 nitrogen and oxygen atoms in total. The first-order chi connectivity index (χ1) is 11.7. The highest BCUT2D eigenvalue weighted by atomic mass is 32.1. The van der Waals surface area contributed by atoms with Gasteiger partial charge in [-0.3, -0.25) is 10.1 Å². The minimum atomic E-state index is -0.484. The second-order valence-electron chi connectivity index (χ2n) is 5.37. The Balaban J connectivity index is 1.64. The number of rotatable bonds is 3. The maximum absolute atomic E-state index is 14.2. The topological polar surface area (TPSA) is 86.2 Å². The van der Waals surface area contributed by atoms with E-state index in [0.29, 0.717) is 23.7 Å². The van der Waals surface area contributed by atoms with Crippen LogP contribution < -0.4 is 5.32 Å². The van der Waals surface area contributed by atoms with E-state index in [1.807, 2.05) is 24.4 Å². The summed E-state index contributed by atoms with van der Waals surface area (Å²) < 4.78 is 15.2. The average molecular weight is 343 g/mol. The van der Waals surface area contributed by atoms with Crippen molar-refractivity contribution in [3.05, 3.63) is 42.0 Å².